The molecule has 7 nitrogen and oxygen atoms in total. The van der Waals surface area contributed by atoms with Gasteiger partial charge in [0.25, 0.3) is 0 Å². The number of rotatable bonds is 4. The van der Waals surface area contributed by atoms with Crippen molar-refractivity contribution >= 4 is 23.5 Å². The number of esters is 1. The molecule has 2 aliphatic rings. The van der Waals surface area contributed by atoms with Crippen molar-refractivity contribution in [3.63, 3.8) is 0 Å². The maximum absolute atomic E-state index is 14.0. The molecular formula is C21H27FN2O5. The lowest BCUT2D eigenvalue weighted by Gasteiger charge is -2.35. The van der Waals surface area contributed by atoms with Gasteiger partial charge in [0, 0.05) is 31.2 Å². The highest BCUT2D eigenvalue weighted by molar-refractivity contribution is 6.00. The third kappa shape index (κ3) is 4.68. The minimum absolute atomic E-state index is 0.197. The second-order valence-corrected chi connectivity index (χ2v) is 8.67. The molecule has 0 spiro atoms. The van der Waals surface area contributed by atoms with E-state index in [1.807, 2.05) is 25.7 Å². The molecule has 2 N–H and O–H groups in total. The van der Waals surface area contributed by atoms with Gasteiger partial charge in [-0.2, -0.15) is 0 Å². The molecule has 2 fully saturated rings. The molecule has 0 aliphatic carbocycles. The van der Waals surface area contributed by atoms with Crippen LogP contribution in [0.2, 0.25) is 0 Å². The van der Waals surface area contributed by atoms with Gasteiger partial charge in [-0.1, -0.05) is 6.07 Å². The number of carbonyl (C=O) groups is 3. The van der Waals surface area contributed by atoms with Crippen LogP contribution in [0, 0.1) is 17.7 Å². The summed E-state index contributed by atoms with van der Waals surface area (Å²) in [6.07, 6.45) is 1.13. The zero-order valence-corrected chi connectivity index (χ0v) is 16.9. The van der Waals surface area contributed by atoms with Crippen LogP contribution in [0.1, 0.15) is 45.1 Å². The Morgan fingerprint density at radius 3 is 2.48 bits per heavy atom. The smallest absolute Gasteiger partial charge is 0.316 e. The number of aliphatic carboxylic acids is 1. The Bertz CT molecular complexity index is 812. The molecule has 0 saturated carbocycles. The summed E-state index contributed by atoms with van der Waals surface area (Å²) in [5.41, 5.74) is 0.672. The summed E-state index contributed by atoms with van der Waals surface area (Å²) >= 11 is 0. The van der Waals surface area contributed by atoms with Gasteiger partial charge in [-0.3, -0.25) is 14.4 Å². The van der Waals surface area contributed by atoms with Crippen molar-refractivity contribution < 1.29 is 28.6 Å². The van der Waals surface area contributed by atoms with E-state index < -0.39 is 35.1 Å². The lowest BCUT2D eigenvalue weighted by molar-refractivity contribution is -0.160. The fourth-order valence-corrected chi connectivity index (χ4v) is 4.04. The van der Waals surface area contributed by atoms with Gasteiger partial charge < -0.3 is 20.1 Å². The highest BCUT2D eigenvalue weighted by atomic mass is 19.1. The molecule has 1 amide bonds. The molecule has 0 unspecified atom stereocenters. The Morgan fingerprint density at radius 2 is 1.90 bits per heavy atom. The lowest BCUT2D eigenvalue weighted by Crippen LogP contribution is -2.39. The third-order valence-corrected chi connectivity index (χ3v) is 5.41. The highest BCUT2D eigenvalue weighted by Gasteiger charge is 2.42. The van der Waals surface area contributed by atoms with Crippen LogP contribution >= 0.6 is 0 Å². The number of halogens is 1. The molecule has 1 aromatic rings. The fraction of sp³-hybridized carbons (Fsp3) is 0.571. The predicted octanol–water partition coefficient (Wildman–Crippen LogP) is 2.30. The Morgan fingerprint density at radius 1 is 1.24 bits per heavy atom. The first-order valence-corrected chi connectivity index (χ1v) is 9.84. The minimum Gasteiger partial charge on any atom is -0.481 e. The normalized spacial score (nSPS) is 23.0. The van der Waals surface area contributed by atoms with Gasteiger partial charge in [0.05, 0.1) is 5.92 Å². The van der Waals surface area contributed by atoms with Gasteiger partial charge in [0.15, 0.2) is 0 Å². The molecular weight excluding hydrogens is 379 g/mol. The number of benzene rings is 1. The number of carboxylic acid groups (broad SMARTS) is 1. The minimum atomic E-state index is -1.20. The number of nitrogens with zero attached hydrogens (tertiary/aromatic N) is 1. The van der Waals surface area contributed by atoms with E-state index in [0.29, 0.717) is 37.2 Å². The molecule has 2 atom stereocenters. The zero-order valence-electron chi connectivity index (χ0n) is 16.9. The van der Waals surface area contributed by atoms with Crippen molar-refractivity contribution in [3.8, 4) is 0 Å². The monoisotopic (exact) mass is 406 g/mol. The maximum atomic E-state index is 14.0. The van der Waals surface area contributed by atoms with Crippen molar-refractivity contribution in [2.75, 3.05) is 24.5 Å². The molecule has 0 bridgehead atoms. The quantitative estimate of drug-likeness (QED) is 0.588. The van der Waals surface area contributed by atoms with E-state index in [4.69, 9.17) is 4.74 Å². The summed E-state index contributed by atoms with van der Waals surface area (Å²) in [4.78, 5) is 37.8. The number of amides is 1. The molecule has 29 heavy (non-hydrogen) atoms. The van der Waals surface area contributed by atoms with Crippen molar-refractivity contribution in [1.82, 2.24) is 5.32 Å². The molecule has 2 aliphatic heterocycles. The van der Waals surface area contributed by atoms with Crippen LogP contribution in [0.4, 0.5) is 10.1 Å². The third-order valence-electron chi connectivity index (χ3n) is 5.41. The Labute approximate surface area is 169 Å². The van der Waals surface area contributed by atoms with Crippen LogP contribution in [0.15, 0.2) is 18.2 Å². The standard InChI is InChI=1S/C21H27FN2O5/c1-21(2,3)29-20(28)12-6-8-24(9-7-12)16-10-13(22)4-5-14(16)15-11-23-18(25)17(15)19(26)27/h4-5,10,12,15,17H,6-9,11H2,1-3H3,(H,23,25)(H,26,27)/t15-,17+/m1/s1. The molecule has 3 rings (SSSR count). The number of nitrogens with one attached hydrogen (secondary N) is 1. The van der Waals surface area contributed by atoms with E-state index in [1.54, 1.807) is 6.07 Å². The fourth-order valence-electron chi connectivity index (χ4n) is 4.04. The number of piperidine rings is 1. The molecule has 158 valence electrons. The molecule has 2 heterocycles. The summed E-state index contributed by atoms with van der Waals surface area (Å²) in [5, 5.41) is 12.1. The van der Waals surface area contributed by atoms with E-state index in [1.165, 1.54) is 12.1 Å². The van der Waals surface area contributed by atoms with E-state index in [2.05, 4.69) is 5.32 Å². The summed E-state index contributed by atoms with van der Waals surface area (Å²) in [6, 6.07) is 4.23. The van der Waals surface area contributed by atoms with E-state index in [9.17, 15) is 23.9 Å². The van der Waals surface area contributed by atoms with E-state index in [-0.39, 0.29) is 18.4 Å². The molecule has 8 heteroatoms. The number of hydrogen-bond acceptors (Lipinski definition) is 5. The summed E-state index contributed by atoms with van der Waals surface area (Å²) < 4.78 is 19.5. The van der Waals surface area contributed by atoms with Gasteiger partial charge in [0.1, 0.15) is 17.3 Å². The number of carbonyl (C=O) groups excluding carboxylic acids is 2. The molecule has 0 radical (unpaired) electrons. The first-order chi connectivity index (χ1) is 13.6. The average Bonchev–Trinajstić information content (AvgIpc) is 3.02. The van der Waals surface area contributed by atoms with E-state index in [0.717, 1.165) is 0 Å². The van der Waals surface area contributed by atoms with Gasteiger partial charge in [-0.05, 0) is 51.3 Å². The largest absolute Gasteiger partial charge is 0.481 e. The van der Waals surface area contributed by atoms with Crippen molar-refractivity contribution in [2.24, 2.45) is 11.8 Å². The zero-order chi connectivity index (χ0) is 21.3. The van der Waals surface area contributed by atoms with Gasteiger partial charge in [-0.25, -0.2) is 4.39 Å². The topological polar surface area (TPSA) is 95.9 Å². The van der Waals surface area contributed by atoms with Crippen LogP contribution in [-0.4, -0.2) is 48.2 Å². The van der Waals surface area contributed by atoms with Crippen molar-refractivity contribution in [2.45, 2.75) is 45.1 Å². The second-order valence-electron chi connectivity index (χ2n) is 8.67. The SMILES string of the molecule is CC(C)(C)OC(=O)C1CCN(c2cc(F)ccc2[C@H]2CNC(=O)[C@H]2C(=O)O)CC1. The van der Waals surface area contributed by atoms with Crippen molar-refractivity contribution in [3.05, 3.63) is 29.6 Å². The average molecular weight is 406 g/mol. The summed E-state index contributed by atoms with van der Waals surface area (Å²) in [6.45, 7) is 6.72. The van der Waals surface area contributed by atoms with E-state index >= 15 is 0 Å². The van der Waals surface area contributed by atoms with Crippen LogP contribution < -0.4 is 10.2 Å². The number of carboxylic acids is 1. The Hall–Kier alpha value is -2.64. The van der Waals surface area contributed by atoms with Crippen LogP contribution in [0.5, 0.6) is 0 Å². The molecule has 1 aromatic carbocycles. The van der Waals surface area contributed by atoms with Crippen molar-refractivity contribution in [1.29, 1.82) is 0 Å². The lowest BCUT2D eigenvalue weighted by atomic mass is 9.86. The van der Waals surface area contributed by atoms with Crippen LogP contribution in [-0.2, 0) is 19.1 Å². The van der Waals surface area contributed by atoms with Gasteiger partial charge >= 0.3 is 11.9 Å². The maximum Gasteiger partial charge on any atom is 0.316 e. The van der Waals surface area contributed by atoms with Gasteiger partial charge in [0.2, 0.25) is 5.91 Å². The first-order valence-electron chi connectivity index (χ1n) is 9.84. The number of ether oxygens (including phenoxy) is 1. The van der Waals surface area contributed by atoms with Crippen LogP contribution in [0.3, 0.4) is 0 Å². The summed E-state index contributed by atoms with van der Waals surface area (Å²) in [5.74, 6) is -4.36. The highest BCUT2D eigenvalue weighted by Crippen LogP contribution is 2.37. The summed E-state index contributed by atoms with van der Waals surface area (Å²) in [7, 11) is 0. The van der Waals surface area contributed by atoms with Gasteiger partial charge in [-0.15, -0.1) is 0 Å². The number of anilines is 1. The molecule has 0 aromatic heterocycles. The second kappa shape index (κ2) is 8.00. The predicted molar refractivity (Wildman–Crippen MR) is 104 cm³/mol. The molecule has 2 saturated heterocycles. The Balaban J connectivity index is 1.79. The Kier molecular flexibility index (Phi) is 5.82. The first kappa shape index (κ1) is 21.1. The van der Waals surface area contributed by atoms with Crippen LogP contribution in [0.25, 0.3) is 0 Å². The number of hydrogen-bond donors (Lipinski definition) is 2.